The van der Waals surface area contributed by atoms with Crippen LogP contribution in [0.1, 0.15) is 22.8 Å². The van der Waals surface area contributed by atoms with E-state index >= 15 is 0 Å². The monoisotopic (exact) mass is 328 g/mol. The summed E-state index contributed by atoms with van der Waals surface area (Å²) in [5.74, 6) is 0.225. The number of aromatic amines is 1. The maximum Gasteiger partial charge on any atom is 0.257 e. The first kappa shape index (κ1) is 15.3. The number of amides is 1. The highest BCUT2D eigenvalue weighted by Crippen LogP contribution is 2.17. The van der Waals surface area contributed by atoms with Crippen LogP contribution in [-0.2, 0) is 6.54 Å². The second kappa shape index (κ2) is 6.66. The molecule has 118 valence electrons. The molecule has 0 unspecified atom stereocenters. The second-order valence-corrected chi connectivity index (χ2v) is 5.77. The number of nitrogens with one attached hydrogen (secondary N) is 2. The number of hydrogen-bond donors (Lipinski definition) is 2. The minimum atomic E-state index is -0.388. The second-order valence-electron chi connectivity index (χ2n) is 4.99. The first-order chi connectivity index (χ1) is 11.2. The molecule has 0 fully saturated rings. The maximum absolute atomic E-state index is 12.6. The van der Waals surface area contributed by atoms with Crippen molar-refractivity contribution in [2.75, 3.05) is 6.61 Å². The van der Waals surface area contributed by atoms with Crippen molar-refractivity contribution in [2.45, 2.75) is 13.5 Å². The molecule has 0 spiro atoms. The molecule has 2 aromatic heterocycles. The fraction of sp³-hybridized carbons (Fsp3) is 0.176. The standard InChI is InChI=1S/C17H16N2O3S/c1-2-22-12-3-4-15-13(7-12)16(20)14(9-18-15)17(21)19-8-11-5-6-23-10-11/h3-7,9-10H,2,8H2,1H3,(H,18,20)(H,19,21). The van der Waals surface area contributed by atoms with Crippen LogP contribution in [0.3, 0.4) is 0 Å². The molecular weight excluding hydrogens is 312 g/mol. The van der Waals surface area contributed by atoms with Crippen molar-refractivity contribution in [3.8, 4) is 5.75 Å². The van der Waals surface area contributed by atoms with Crippen molar-refractivity contribution < 1.29 is 9.53 Å². The molecule has 0 saturated heterocycles. The summed E-state index contributed by atoms with van der Waals surface area (Å²) in [5.41, 5.74) is 1.48. The van der Waals surface area contributed by atoms with Gasteiger partial charge in [-0.25, -0.2) is 0 Å². The number of carbonyl (C=O) groups is 1. The quantitative estimate of drug-likeness (QED) is 0.756. The van der Waals surface area contributed by atoms with E-state index < -0.39 is 0 Å². The van der Waals surface area contributed by atoms with Crippen LogP contribution >= 0.6 is 11.3 Å². The van der Waals surface area contributed by atoms with E-state index in [0.717, 1.165) is 5.56 Å². The normalized spacial score (nSPS) is 10.7. The van der Waals surface area contributed by atoms with Crippen LogP contribution in [0.5, 0.6) is 5.75 Å². The Balaban J connectivity index is 1.89. The lowest BCUT2D eigenvalue weighted by atomic mass is 10.1. The average Bonchev–Trinajstić information content (AvgIpc) is 3.07. The van der Waals surface area contributed by atoms with Crippen molar-refractivity contribution >= 4 is 28.1 Å². The summed E-state index contributed by atoms with van der Waals surface area (Å²) in [7, 11) is 0. The third kappa shape index (κ3) is 3.27. The van der Waals surface area contributed by atoms with E-state index in [1.165, 1.54) is 6.20 Å². The number of carbonyl (C=O) groups excluding carboxylic acids is 1. The Morgan fingerprint density at radius 2 is 2.22 bits per heavy atom. The molecule has 6 heteroatoms. The Hall–Kier alpha value is -2.60. The molecule has 3 aromatic rings. The van der Waals surface area contributed by atoms with Crippen LogP contribution < -0.4 is 15.5 Å². The molecule has 0 atom stereocenters. The summed E-state index contributed by atoms with van der Waals surface area (Å²) in [6.07, 6.45) is 1.45. The van der Waals surface area contributed by atoms with Crippen molar-refractivity contribution in [1.29, 1.82) is 0 Å². The van der Waals surface area contributed by atoms with Gasteiger partial charge in [-0.15, -0.1) is 0 Å². The fourth-order valence-corrected chi connectivity index (χ4v) is 2.96. The van der Waals surface area contributed by atoms with E-state index in [2.05, 4.69) is 10.3 Å². The summed E-state index contributed by atoms with van der Waals surface area (Å²) < 4.78 is 5.41. The minimum Gasteiger partial charge on any atom is -0.494 e. The third-order valence-electron chi connectivity index (χ3n) is 3.44. The number of H-pyrrole nitrogens is 1. The lowest BCUT2D eigenvalue weighted by Gasteiger charge is -2.07. The lowest BCUT2D eigenvalue weighted by Crippen LogP contribution is -2.28. The highest BCUT2D eigenvalue weighted by atomic mass is 32.1. The van der Waals surface area contributed by atoms with E-state index in [1.54, 1.807) is 29.5 Å². The number of pyridine rings is 1. The van der Waals surface area contributed by atoms with Crippen molar-refractivity contribution in [1.82, 2.24) is 10.3 Å². The molecule has 0 aliphatic heterocycles. The van der Waals surface area contributed by atoms with Gasteiger partial charge in [-0.05, 0) is 47.5 Å². The minimum absolute atomic E-state index is 0.0985. The Morgan fingerprint density at radius 1 is 1.35 bits per heavy atom. The zero-order valence-electron chi connectivity index (χ0n) is 12.6. The van der Waals surface area contributed by atoms with Gasteiger partial charge in [0.2, 0.25) is 5.43 Å². The molecule has 1 amide bonds. The van der Waals surface area contributed by atoms with Crippen molar-refractivity contribution in [3.05, 3.63) is 62.6 Å². The van der Waals surface area contributed by atoms with Crippen molar-refractivity contribution in [2.24, 2.45) is 0 Å². The number of aromatic nitrogens is 1. The van der Waals surface area contributed by atoms with Crippen LogP contribution in [0.2, 0.25) is 0 Å². The lowest BCUT2D eigenvalue weighted by molar-refractivity contribution is 0.0949. The number of ether oxygens (including phenoxy) is 1. The van der Waals surface area contributed by atoms with Crippen LogP contribution in [0.4, 0.5) is 0 Å². The largest absolute Gasteiger partial charge is 0.494 e. The molecule has 3 rings (SSSR count). The first-order valence-corrected chi connectivity index (χ1v) is 8.21. The fourth-order valence-electron chi connectivity index (χ4n) is 2.29. The van der Waals surface area contributed by atoms with Gasteiger partial charge in [0.15, 0.2) is 0 Å². The van der Waals surface area contributed by atoms with Gasteiger partial charge in [-0.1, -0.05) is 0 Å². The predicted octanol–water partition coefficient (Wildman–Crippen LogP) is 2.92. The Kier molecular flexibility index (Phi) is 4.43. The molecule has 23 heavy (non-hydrogen) atoms. The third-order valence-corrected chi connectivity index (χ3v) is 4.17. The van der Waals surface area contributed by atoms with Crippen LogP contribution in [0, 0.1) is 0 Å². The molecular formula is C17H16N2O3S. The van der Waals surface area contributed by atoms with E-state index in [-0.39, 0.29) is 16.9 Å². The number of hydrogen-bond acceptors (Lipinski definition) is 4. The zero-order chi connectivity index (χ0) is 16.2. The van der Waals surface area contributed by atoms with Gasteiger partial charge < -0.3 is 15.0 Å². The van der Waals surface area contributed by atoms with Gasteiger partial charge in [0.25, 0.3) is 5.91 Å². The van der Waals surface area contributed by atoms with E-state index in [1.807, 2.05) is 23.8 Å². The van der Waals surface area contributed by atoms with Crippen LogP contribution in [0.15, 0.2) is 46.0 Å². The smallest absolute Gasteiger partial charge is 0.257 e. The molecule has 2 N–H and O–H groups in total. The average molecular weight is 328 g/mol. The molecule has 1 aromatic carbocycles. The van der Waals surface area contributed by atoms with Gasteiger partial charge in [0.05, 0.1) is 6.61 Å². The van der Waals surface area contributed by atoms with Gasteiger partial charge in [-0.2, -0.15) is 11.3 Å². The van der Waals surface area contributed by atoms with Gasteiger partial charge >= 0.3 is 0 Å². The molecule has 0 saturated carbocycles. The number of fused-ring (bicyclic) bond motifs is 1. The number of benzene rings is 1. The summed E-state index contributed by atoms with van der Waals surface area (Å²) >= 11 is 1.57. The molecule has 0 radical (unpaired) electrons. The van der Waals surface area contributed by atoms with E-state index in [4.69, 9.17) is 4.74 Å². The van der Waals surface area contributed by atoms with Crippen LogP contribution in [-0.4, -0.2) is 17.5 Å². The summed E-state index contributed by atoms with van der Waals surface area (Å²) in [6.45, 7) is 2.80. The highest BCUT2D eigenvalue weighted by molar-refractivity contribution is 7.07. The zero-order valence-corrected chi connectivity index (χ0v) is 13.4. The van der Waals surface area contributed by atoms with E-state index in [9.17, 15) is 9.59 Å². The van der Waals surface area contributed by atoms with Gasteiger partial charge in [-0.3, -0.25) is 9.59 Å². The number of rotatable bonds is 5. The summed E-state index contributed by atoms with van der Waals surface area (Å²) in [4.78, 5) is 27.8. The molecule has 2 heterocycles. The Bertz CT molecular complexity index is 884. The van der Waals surface area contributed by atoms with E-state index in [0.29, 0.717) is 29.8 Å². The maximum atomic E-state index is 12.6. The summed E-state index contributed by atoms with van der Waals surface area (Å²) in [5, 5.41) is 7.11. The van der Waals surface area contributed by atoms with Crippen LogP contribution in [0.25, 0.3) is 10.9 Å². The highest BCUT2D eigenvalue weighted by Gasteiger charge is 2.13. The van der Waals surface area contributed by atoms with Gasteiger partial charge in [0.1, 0.15) is 11.3 Å². The Labute approximate surface area is 136 Å². The first-order valence-electron chi connectivity index (χ1n) is 7.26. The van der Waals surface area contributed by atoms with Crippen molar-refractivity contribution in [3.63, 3.8) is 0 Å². The van der Waals surface area contributed by atoms with Gasteiger partial charge in [0, 0.05) is 23.6 Å². The molecule has 0 aliphatic rings. The number of thiophene rings is 1. The predicted molar refractivity (Wildman–Crippen MR) is 91.2 cm³/mol. The molecule has 5 nitrogen and oxygen atoms in total. The topological polar surface area (TPSA) is 71.2 Å². The summed E-state index contributed by atoms with van der Waals surface area (Å²) in [6, 6.07) is 7.16. The SMILES string of the molecule is CCOc1ccc2[nH]cc(C(=O)NCc3ccsc3)c(=O)c2c1. The molecule has 0 aliphatic carbocycles. The Morgan fingerprint density at radius 3 is 2.96 bits per heavy atom. The molecule has 0 bridgehead atoms.